The Hall–Kier alpha value is -2.86. The van der Waals surface area contributed by atoms with Crippen LogP contribution in [0, 0.1) is 0 Å². The maximum Gasteiger partial charge on any atom is 0.321 e. The summed E-state index contributed by atoms with van der Waals surface area (Å²) in [7, 11) is 1.75. The van der Waals surface area contributed by atoms with E-state index in [9.17, 15) is 9.59 Å². The first kappa shape index (κ1) is 19.9. The van der Waals surface area contributed by atoms with Gasteiger partial charge in [0.25, 0.3) is 5.91 Å². The molecule has 0 bridgehead atoms. The molecule has 3 amide bonds. The number of carbonyl (C=O) groups is 2. The molecule has 0 radical (unpaired) electrons. The number of hydrogen-bond donors (Lipinski definition) is 1. The molecular formula is C22H27N3O3. The molecule has 28 heavy (non-hydrogen) atoms. The Bertz CT molecular complexity index is 814. The van der Waals surface area contributed by atoms with E-state index in [2.05, 4.69) is 24.4 Å². The van der Waals surface area contributed by atoms with Crippen molar-refractivity contribution in [1.82, 2.24) is 9.80 Å². The van der Waals surface area contributed by atoms with E-state index >= 15 is 0 Å². The first-order valence-electron chi connectivity index (χ1n) is 9.64. The normalized spacial score (nSPS) is 13.9. The summed E-state index contributed by atoms with van der Waals surface area (Å²) in [5.41, 5.74) is 3.36. The lowest BCUT2D eigenvalue weighted by atomic mass is 10.1. The van der Waals surface area contributed by atoms with Crippen LogP contribution < -0.4 is 5.32 Å². The summed E-state index contributed by atoms with van der Waals surface area (Å²) in [5, 5.41) is 2.88. The molecule has 0 aromatic heterocycles. The minimum atomic E-state index is -0.248. The quantitative estimate of drug-likeness (QED) is 0.864. The largest absolute Gasteiger partial charge is 0.378 e. The number of aryl methyl sites for hydroxylation is 1. The maximum absolute atomic E-state index is 12.8. The Morgan fingerprint density at radius 1 is 1.04 bits per heavy atom. The highest BCUT2D eigenvalue weighted by Crippen LogP contribution is 2.19. The maximum atomic E-state index is 12.8. The van der Waals surface area contributed by atoms with Crippen molar-refractivity contribution in [2.75, 3.05) is 38.7 Å². The topological polar surface area (TPSA) is 61.9 Å². The van der Waals surface area contributed by atoms with Gasteiger partial charge in [0.2, 0.25) is 0 Å². The molecule has 0 aliphatic carbocycles. The van der Waals surface area contributed by atoms with Gasteiger partial charge in [0.15, 0.2) is 0 Å². The van der Waals surface area contributed by atoms with Gasteiger partial charge in [-0.15, -0.1) is 0 Å². The average molecular weight is 381 g/mol. The third-order valence-electron chi connectivity index (χ3n) is 4.90. The molecule has 1 heterocycles. The number of morpholine rings is 1. The van der Waals surface area contributed by atoms with Gasteiger partial charge in [-0.05, 0) is 29.7 Å². The molecule has 0 saturated carbocycles. The number of rotatable bonds is 5. The predicted octanol–water partition coefficient (Wildman–Crippen LogP) is 3.39. The highest BCUT2D eigenvalue weighted by atomic mass is 16.5. The van der Waals surface area contributed by atoms with Gasteiger partial charge in [-0.25, -0.2) is 4.79 Å². The number of hydrogen-bond acceptors (Lipinski definition) is 3. The minimum Gasteiger partial charge on any atom is -0.378 e. The van der Waals surface area contributed by atoms with Crippen molar-refractivity contribution in [3.05, 3.63) is 65.2 Å². The lowest BCUT2D eigenvalue weighted by Gasteiger charge is -2.28. The Labute approximate surface area is 166 Å². The molecular weight excluding hydrogens is 354 g/mol. The van der Waals surface area contributed by atoms with Crippen molar-refractivity contribution < 1.29 is 14.3 Å². The minimum absolute atomic E-state index is 0.0861. The molecule has 1 saturated heterocycles. The Morgan fingerprint density at radius 3 is 2.36 bits per heavy atom. The SMILES string of the molecule is CCc1ccc(CN(C)C(=O)Nc2ccccc2C(=O)N2CCOCC2)cc1. The zero-order chi connectivity index (χ0) is 19.9. The molecule has 1 aliphatic heterocycles. The number of anilines is 1. The van der Waals surface area contributed by atoms with Gasteiger partial charge in [0.1, 0.15) is 0 Å². The van der Waals surface area contributed by atoms with E-state index in [-0.39, 0.29) is 11.9 Å². The molecule has 1 N–H and O–H groups in total. The monoisotopic (exact) mass is 381 g/mol. The summed E-state index contributed by atoms with van der Waals surface area (Å²) in [6.07, 6.45) is 0.991. The van der Waals surface area contributed by atoms with Gasteiger partial charge in [0, 0.05) is 26.7 Å². The zero-order valence-corrected chi connectivity index (χ0v) is 16.5. The van der Waals surface area contributed by atoms with Crippen LogP contribution in [0.2, 0.25) is 0 Å². The average Bonchev–Trinajstić information content (AvgIpc) is 2.74. The standard InChI is InChI=1S/C22H27N3O3/c1-3-17-8-10-18(11-9-17)16-24(2)22(27)23-20-7-5-4-6-19(20)21(26)25-12-14-28-15-13-25/h4-11H,3,12-16H2,1-2H3,(H,23,27). The molecule has 1 aliphatic rings. The van der Waals surface area contributed by atoms with E-state index in [1.165, 1.54) is 5.56 Å². The number of ether oxygens (including phenoxy) is 1. The second-order valence-electron chi connectivity index (χ2n) is 6.91. The Balaban J connectivity index is 1.66. The molecule has 0 spiro atoms. The number of benzene rings is 2. The third kappa shape index (κ3) is 4.89. The molecule has 0 unspecified atom stereocenters. The lowest BCUT2D eigenvalue weighted by molar-refractivity contribution is 0.0303. The lowest BCUT2D eigenvalue weighted by Crippen LogP contribution is -2.41. The van der Waals surface area contributed by atoms with Gasteiger partial charge >= 0.3 is 6.03 Å². The van der Waals surface area contributed by atoms with Crippen LogP contribution in [-0.4, -0.2) is 55.1 Å². The number of nitrogens with zero attached hydrogens (tertiary/aromatic N) is 2. The van der Waals surface area contributed by atoms with E-state index in [1.807, 2.05) is 24.3 Å². The van der Waals surface area contributed by atoms with Crippen LogP contribution >= 0.6 is 0 Å². The first-order chi connectivity index (χ1) is 13.6. The molecule has 3 rings (SSSR count). The van der Waals surface area contributed by atoms with Gasteiger partial charge in [0.05, 0.1) is 24.5 Å². The fraction of sp³-hybridized carbons (Fsp3) is 0.364. The van der Waals surface area contributed by atoms with Crippen LogP contribution in [0.5, 0.6) is 0 Å². The summed E-state index contributed by atoms with van der Waals surface area (Å²) in [5.74, 6) is -0.0861. The van der Waals surface area contributed by atoms with Crippen LogP contribution in [0.25, 0.3) is 0 Å². The Morgan fingerprint density at radius 2 is 1.68 bits per heavy atom. The number of amides is 3. The summed E-state index contributed by atoms with van der Waals surface area (Å²) >= 11 is 0. The van der Waals surface area contributed by atoms with Crippen molar-refractivity contribution in [2.24, 2.45) is 0 Å². The predicted molar refractivity (Wildman–Crippen MR) is 109 cm³/mol. The van der Waals surface area contributed by atoms with Crippen LogP contribution in [0.15, 0.2) is 48.5 Å². The Kier molecular flexibility index (Phi) is 6.66. The molecule has 2 aromatic rings. The summed E-state index contributed by atoms with van der Waals surface area (Å²) in [4.78, 5) is 28.9. The molecule has 6 heteroatoms. The van der Waals surface area contributed by atoms with Gasteiger partial charge in [-0.1, -0.05) is 43.3 Å². The molecule has 148 valence electrons. The van der Waals surface area contributed by atoms with Crippen LogP contribution in [0.4, 0.5) is 10.5 Å². The smallest absolute Gasteiger partial charge is 0.321 e. The van der Waals surface area contributed by atoms with Gasteiger partial charge in [-0.2, -0.15) is 0 Å². The van der Waals surface area contributed by atoms with Crippen molar-refractivity contribution in [3.8, 4) is 0 Å². The highest BCUT2D eigenvalue weighted by Gasteiger charge is 2.22. The van der Waals surface area contributed by atoms with E-state index in [4.69, 9.17) is 4.74 Å². The molecule has 6 nitrogen and oxygen atoms in total. The molecule has 1 fully saturated rings. The zero-order valence-electron chi connectivity index (χ0n) is 16.5. The highest BCUT2D eigenvalue weighted by molar-refractivity contribution is 6.03. The van der Waals surface area contributed by atoms with Crippen molar-refractivity contribution >= 4 is 17.6 Å². The van der Waals surface area contributed by atoms with Crippen molar-refractivity contribution in [2.45, 2.75) is 19.9 Å². The number of para-hydroxylation sites is 1. The fourth-order valence-electron chi connectivity index (χ4n) is 3.15. The van der Waals surface area contributed by atoms with Crippen LogP contribution in [0.1, 0.15) is 28.4 Å². The van der Waals surface area contributed by atoms with E-state index in [0.717, 1.165) is 12.0 Å². The number of carbonyl (C=O) groups excluding carboxylic acids is 2. The van der Waals surface area contributed by atoms with Crippen LogP contribution in [-0.2, 0) is 17.7 Å². The molecule has 2 aromatic carbocycles. The number of urea groups is 1. The second kappa shape index (κ2) is 9.37. The van der Waals surface area contributed by atoms with E-state index in [0.29, 0.717) is 44.1 Å². The fourth-order valence-corrected chi connectivity index (χ4v) is 3.15. The number of nitrogens with one attached hydrogen (secondary N) is 1. The molecule has 0 atom stereocenters. The summed E-state index contributed by atoms with van der Waals surface area (Å²) < 4.78 is 5.31. The van der Waals surface area contributed by atoms with E-state index < -0.39 is 0 Å². The van der Waals surface area contributed by atoms with Crippen molar-refractivity contribution in [3.63, 3.8) is 0 Å². The second-order valence-corrected chi connectivity index (χ2v) is 6.91. The van der Waals surface area contributed by atoms with Gasteiger partial charge in [-0.3, -0.25) is 4.79 Å². The summed E-state index contributed by atoms with van der Waals surface area (Å²) in [6, 6.07) is 15.1. The van der Waals surface area contributed by atoms with Crippen molar-refractivity contribution in [1.29, 1.82) is 0 Å². The van der Waals surface area contributed by atoms with E-state index in [1.54, 1.807) is 29.0 Å². The first-order valence-corrected chi connectivity index (χ1v) is 9.64. The van der Waals surface area contributed by atoms with Crippen LogP contribution in [0.3, 0.4) is 0 Å². The van der Waals surface area contributed by atoms with Gasteiger partial charge < -0.3 is 19.9 Å². The third-order valence-corrected chi connectivity index (χ3v) is 4.90. The summed E-state index contributed by atoms with van der Waals surface area (Å²) in [6.45, 7) is 4.82.